The molecule has 6 heteroatoms. The van der Waals surface area contributed by atoms with Gasteiger partial charge in [-0.3, -0.25) is 9.59 Å². The van der Waals surface area contributed by atoms with Crippen molar-refractivity contribution in [2.24, 2.45) is 0 Å². The van der Waals surface area contributed by atoms with Gasteiger partial charge in [-0.05, 0) is 61.6 Å². The molecule has 1 saturated carbocycles. The van der Waals surface area contributed by atoms with Gasteiger partial charge >= 0.3 is 0 Å². The zero-order valence-corrected chi connectivity index (χ0v) is 19.5. The molecule has 1 fully saturated rings. The van der Waals surface area contributed by atoms with Crippen LogP contribution >= 0.6 is 0 Å². The minimum atomic E-state index is -0.898. The van der Waals surface area contributed by atoms with E-state index in [-0.39, 0.29) is 29.4 Å². The van der Waals surface area contributed by atoms with E-state index >= 15 is 0 Å². The molecule has 2 amide bonds. The lowest BCUT2D eigenvalue weighted by molar-refractivity contribution is -0.126. The van der Waals surface area contributed by atoms with E-state index in [1.54, 1.807) is 29.2 Å². The van der Waals surface area contributed by atoms with Gasteiger partial charge in [-0.1, -0.05) is 61.2 Å². The van der Waals surface area contributed by atoms with Gasteiger partial charge in [0.15, 0.2) is 5.76 Å². The molecule has 3 aromatic rings. The molecule has 1 heterocycles. The minimum absolute atomic E-state index is 0.0848. The summed E-state index contributed by atoms with van der Waals surface area (Å²) in [4.78, 5) is 28.7. The van der Waals surface area contributed by atoms with Crippen molar-refractivity contribution in [2.45, 2.75) is 57.5 Å². The molecule has 0 saturated heterocycles. The van der Waals surface area contributed by atoms with Crippen LogP contribution in [0.1, 0.15) is 65.4 Å². The van der Waals surface area contributed by atoms with E-state index in [9.17, 15) is 14.0 Å². The quantitative estimate of drug-likeness (QED) is 0.474. The molecule has 0 unspecified atom stereocenters. The molecular weight excluding hydrogens is 431 g/mol. The van der Waals surface area contributed by atoms with E-state index in [0.29, 0.717) is 18.5 Å². The number of nitrogens with one attached hydrogen (secondary N) is 1. The normalized spacial score (nSPS) is 15.0. The molecule has 0 aliphatic heterocycles. The van der Waals surface area contributed by atoms with Crippen molar-refractivity contribution < 1.29 is 18.4 Å². The maximum absolute atomic E-state index is 13.7. The van der Waals surface area contributed by atoms with Crippen molar-refractivity contribution in [3.8, 4) is 0 Å². The fourth-order valence-electron chi connectivity index (χ4n) is 4.65. The average Bonchev–Trinajstić information content (AvgIpc) is 3.38. The van der Waals surface area contributed by atoms with E-state index in [0.717, 1.165) is 36.8 Å². The predicted molar refractivity (Wildman–Crippen MR) is 129 cm³/mol. The number of nitrogens with zero attached hydrogens (tertiary/aromatic N) is 1. The number of hydrogen-bond acceptors (Lipinski definition) is 3. The third-order valence-electron chi connectivity index (χ3n) is 6.41. The van der Waals surface area contributed by atoms with Gasteiger partial charge in [-0.25, -0.2) is 4.39 Å². The molecule has 0 spiro atoms. The zero-order chi connectivity index (χ0) is 23.9. The van der Waals surface area contributed by atoms with Crippen molar-refractivity contribution >= 4 is 11.8 Å². The number of furan rings is 1. The van der Waals surface area contributed by atoms with Crippen LogP contribution in [-0.4, -0.2) is 29.3 Å². The summed E-state index contributed by atoms with van der Waals surface area (Å²) in [6.07, 6.45) is 7.20. The first kappa shape index (κ1) is 23.7. The van der Waals surface area contributed by atoms with Crippen molar-refractivity contribution in [1.29, 1.82) is 0 Å². The fourth-order valence-corrected chi connectivity index (χ4v) is 4.65. The fraction of sp³-hybridized carbons (Fsp3) is 0.357. The third-order valence-corrected chi connectivity index (χ3v) is 6.41. The van der Waals surface area contributed by atoms with Crippen LogP contribution in [0.5, 0.6) is 0 Å². The molecule has 1 aliphatic carbocycles. The van der Waals surface area contributed by atoms with Crippen molar-refractivity contribution in [1.82, 2.24) is 10.2 Å². The standard InChI is InChI=1S/C28H31FN2O3/c1-20-7-5-8-21(19-20)16-17-31(28(33)25-11-6-18-34-25)26(22-12-14-23(29)15-13-22)27(32)30-24-9-3-2-4-10-24/h5-8,11-15,18-19,24,26H,2-4,9-10,16-17H2,1H3,(H,30,32)/t26-/m0/s1. The second-order valence-electron chi connectivity index (χ2n) is 9.01. The SMILES string of the molecule is Cc1cccc(CCN(C(=O)c2ccco2)[C@H](C(=O)NC2CCCCC2)c2ccc(F)cc2)c1. The topological polar surface area (TPSA) is 62.6 Å². The largest absolute Gasteiger partial charge is 0.459 e. The number of amides is 2. The number of carbonyl (C=O) groups is 2. The van der Waals surface area contributed by atoms with Gasteiger partial charge < -0.3 is 14.6 Å². The number of carbonyl (C=O) groups excluding carboxylic acids is 2. The molecule has 1 N–H and O–H groups in total. The summed E-state index contributed by atoms with van der Waals surface area (Å²) in [5.74, 6) is -0.839. The molecule has 1 aliphatic rings. The minimum Gasteiger partial charge on any atom is -0.459 e. The maximum Gasteiger partial charge on any atom is 0.290 e. The van der Waals surface area contributed by atoms with Crippen LogP contribution in [0.25, 0.3) is 0 Å². The summed E-state index contributed by atoms with van der Waals surface area (Å²) >= 11 is 0. The Balaban J connectivity index is 1.67. The van der Waals surface area contributed by atoms with Crippen LogP contribution in [0, 0.1) is 12.7 Å². The van der Waals surface area contributed by atoms with Gasteiger partial charge in [0.05, 0.1) is 6.26 Å². The Morgan fingerprint density at radius 2 is 1.82 bits per heavy atom. The first-order chi connectivity index (χ1) is 16.5. The van der Waals surface area contributed by atoms with E-state index in [1.807, 2.05) is 25.1 Å². The van der Waals surface area contributed by atoms with Crippen LogP contribution in [0.2, 0.25) is 0 Å². The lowest BCUT2D eigenvalue weighted by atomic mass is 9.94. The van der Waals surface area contributed by atoms with Crippen molar-refractivity contribution in [3.63, 3.8) is 0 Å². The number of halogens is 1. The van der Waals surface area contributed by atoms with Gasteiger partial charge in [0.25, 0.3) is 5.91 Å². The highest BCUT2D eigenvalue weighted by molar-refractivity contribution is 5.96. The van der Waals surface area contributed by atoms with Crippen LogP contribution in [-0.2, 0) is 11.2 Å². The van der Waals surface area contributed by atoms with E-state index in [4.69, 9.17) is 4.42 Å². The van der Waals surface area contributed by atoms with Crippen molar-refractivity contribution in [3.05, 3.63) is 95.2 Å². The second-order valence-corrected chi connectivity index (χ2v) is 9.01. The highest BCUT2D eigenvalue weighted by Crippen LogP contribution is 2.26. The highest BCUT2D eigenvalue weighted by Gasteiger charge is 2.34. The lowest BCUT2D eigenvalue weighted by Gasteiger charge is -2.33. The smallest absolute Gasteiger partial charge is 0.290 e. The molecule has 1 aromatic heterocycles. The molecule has 4 rings (SSSR count). The van der Waals surface area contributed by atoms with Gasteiger partial charge in [0.1, 0.15) is 11.9 Å². The summed E-state index contributed by atoms with van der Waals surface area (Å²) in [5, 5.41) is 3.16. The number of aryl methyl sites for hydroxylation is 1. The van der Waals surface area contributed by atoms with Crippen LogP contribution in [0.4, 0.5) is 4.39 Å². The zero-order valence-electron chi connectivity index (χ0n) is 19.5. The molecular formula is C28H31FN2O3. The first-order valence-electron chi connectivity index (χ1n) is 12.0. The summed E-state index contributed by atoms with van der Waals surface area (Å²) in [5.41, 5.74) is 2.77. The van der Waals surface area contributed by atoms with E-state index < -0.39 is 6.04 Å². The molecule has 1 atom stereocenters. The molecule has 2 aromatic carbocycles. The summed E-state index contributed by atoms with van der Waals surface area (Å²) in [7, 11) is 0. The summed E-state index contributed by atoms with van der Waals surface area (Å²) in [6, 6.07) is 16.3. The summed E-state index contributed by atoms with van der Waals surface area (Å²) in [6.45, 7) is 2.33. The van der Waals surface area contributed by atoms with Gasteiger partial charge in [0, 0.05) is 12.6 Å². The van der Waals surface area contributed by atoms with Crippen LogP contribution in [0.3, 0.4) is 0 Å². The van der Waals surface area contributed by atoms with E-state index in [1.165, 1.54) is 24.8 Å². The summed E-state index contributed by atoms with van der Waals surface area (Å²) < 4.78 is 19.1. The monoisotopic (exact) mass is 462 g/mol. The average molecular weight is 463 g/mol. The molecule has 5 nitrogen and oxygen atoms in total. The lowest BCUT2D eigenvalue weighted by Crippen LogP contribution is -2.47. The van der Waals surface area contributed by atoms with E-state index in [2.05, 4.69) is 11.4 Å². The Hall–Kier alpha value is -3.41. The Morgan fingerprint density at radius 3 is 2.50 bits per heavy atom. The van der Waals surface area contributed by atoms with Crippen LogP contribution in [0.15, 0.2) is 71.3 Å². The van der Waals surface area contributed by atoms with Gasteiger partial charge in [-0.15, -0.1) is 0 Å². The third kappa shape index (κ3) is 5.93. The first-order valence-corrected chi connectivity index (χ1v) is 12.0. The van der Waals surface area contributed by atoms with Gasteiger partial charge in [0.2, 0.25) is 5.91 Å². The number of rotatable bonds is 8. The Bertz CT molecular complexity index is 1090. The number of hydrogen-bond donors (Lipinski definition) is 1. The second kappa shape index (κ2) is 11.1. The number of benzene rings is 2. The Kier molecular flexibility index (Phi) is 7.78. The van der Waals surface area contributed by atoms with Crippen LogP contribution < -0.4 is 5.32 Å². The molecule has 34 heavy (non-hydrogen) atoms. The Morgan fingerprint density at radius 1 is 1.06 bits per heavy atom. The molecule has 0 radical (unpaired) electrons. The molecule has 0 bridgehead atoms. The predicted octanol–water partition coefficient (Wildman–Crippen LogP) is 5.60. The van der Waals surface area contributed by atoms with Crippen molar-refractivity contribution in [2.75, 3.05) is 6.54 Å². The Labute approximate surface area is 200 Å². The van der Waals surface area contributed by atoms with Gasteiger partial charge in [-0.2, -0.15) is 0 Å². The molecule has 178 valence electrons. The maximum atomic E-state index is 13.7. The highest BCUT2D eigenvalue weighted by atomic mass is 19.1.